The van der Waals surface area contributed by atoms with Crippen LogP contribution in [0.25, 0.3) is 0 Å². The highest BCUT2D eigenvalue weighted by atomic mass is 35.5. The van der Waals surface area contributed by atoms with Crippen molar-refractivity contribution in [2.24, 2.45) is 0 Å². The predicted octanol–water partition coefficient (Wildman–Crippen LogP) is 4.24. The molecule has 1 unspecified atom stereocenters. The van der Waals surface area contributed by atoms with Gasteiger partial charge in [0, 0.05) is 18.6 Å². The summed E-state index contributed by atoms with van der Waals surface area (Å²) in [5, 5.41) is 2.87. The number of benzene rings is 3. The molecular weight excluding hydrogens is 533 g/mol. The molecule has 1 N–H and O–H groups in total. The summed E-state index contributed by atoms with van der Waals surface area (Å²) < 4.78 is 47.3. The number of nitrogens with one attached hydrogen (secondary N) is 1. The molecule has 11 heteroatoms. The van der Waals surface area contributed by atoms with Crippen LogP contribution in [-0.4, -0.2) is 51.4 Å². The van der Waals surface area contributed by atoms with Gasteiger partial charge in [-0.25, -0.2) is 12.8 Å². The zero-order valence-corrected chi connectivity index (χ0v) is 22.8. The number of hydrogen-bond donors (Lipinski definition) is 1. The first-order valence-electron chi connectivity index (χ1n) is 11.8. The smallest absolute Gasteiger partial charge is 0.264 e. The Morgan fingerprint density at radius 2 is 1.61 bits per heavy atom. The van der Waals surface area contributed by atoms with E-state index in [0.29, 0.717) is 22.9 Å². The van der Waals surface area contributed by atoms with Crippen LogP contribution in [-0.2, 0) is 26.2 Å². The van der Waals surface area contributed by atoms with Crippen LogP contribution in [0.2, 0.25) is 5.02 Å². The molecule has 0 aliphatic carbocycles. The number of halogens is 2. The number of hydrogen-bond acceptors (Lipinski definition) is 5. The number of ether oxygens (including phenoxy) is 1. The molecule has 0 saturated carbocycles. The predicted molar refractivity (Wildman–Crippen MR) is 144 cm³/mol. The highest BCUT2D eigenvalue weighted by molar-refractivity contribution is 7.92. The molecule has 0 aliphatic rings. The van der Waals surface area contributed by atoms with Crippen molar-refractivity contribution in [2.45, 2.75) is 31.3 Å². The van der Waals surface area contributed by atoms with E-state index in [-0.39, 0.29) is 17.1 Å². The Bertz CT molecular complexity index is 1350. The van der Waals surface area contributed by atoms with Crippen LogP contribution in [0, 0.1) is 5.82 Å². The van der Waals surface area contributed by atoms with Gasteiger partial charge in [-0.3, -0.25) is 13.9 Å². The maximum Gasteiger partial charge on any atom is 0.264 e. The van der Waals surface area contributed by atoms with Gasteiger partial charge < -0.3 is 15.0 Å². The molecule has 202 valence electrons. The number of nitrogens with zero attached hydrogens (tertiary/aromatic N) is 2. The molecule has 38 heavy (non-hydrogen) atoms. The summed E-state index contributed by atoms with van der Waals surface area (Å²) in [5.74, 6) is -0.968. The Morgan fingerprint density at radius 1 is 1.00 bits per heavy atom. The van der Waals surface area contributed by atoms with Crippen LogP contribution >= 0.6 is 11.6 Å². The quantitative estimate of drug-likeness (QED) is 0.378. The molecule has 0 radical (unpaired) electrons. The van der Waals surface area contributed by atoms with Gasteiger partial charge in [0.1, 0.15) is 24.2 Å². The Morgan fingerprint density at radius 3 is 2.16 bits per heavy atom. The highest BCUT2D eigenvalue weighted by Gasteiger charge is 2.32. The number of amides is 2. The van der Waals surface area contributed by atoms with E-state index in [4.69, 9.17) is 16.3 Å². The van der Waals surface area contributed by atoms with E-state index in [1.54, 1.807) is 12.1 Å². The molecule has 0 saturated heterocycles. The third-order valence-electron chi connectivity index (χ3n) is 5.80. The molecule has 0 bridgehead atoms. The first kappa shape index (κ1) is 28.9. The molecular formula is C27H29ClFN3O5S. The van der Waals surface area contributed by atoms with Crippen LogP contribution in [0.3, 0.4) is 0 Å². The van der Waals surface area contributed by atoms with Crippen molar-refractivity contribution in [2.75, 3.05) is 24.5 Å². The second-order valence-corrected chi connectivity index (χ2v) is 10.6. The van der Waals surface area contributed by atoms with Crippen LogP contribution in [0.4, 0.5) is 10.1 Å². The maximum absolute atomic E-state index is 13.7. The van der Waals surface area contributed by atoms with Gasteiger partial charge in [0.15, 0.2) is 0 Å². The first-order chi connectivity index (χ1) is 18.1. The first-order valence-corrected chi connectivity index (χ1v) is 13.6. The standard InChI is InChI=1S/C27H29ClFN3O5S/c1-4-37-24-13-11-23(12-14-24)32(38(35,36)25-15-7-21(28)8-16-25)18-26(33)31(19(2)27(34)30-3)17-20-5-9-22(29)10-6-20/h5-16,19H,4,17-18H2,1-3H3,(H,30,34). The summed E-state index contributed by atoms with van der Waals surface area (Å²) in [6.45, 7) is 3.16. The van der Waals surface area contributed by atoms with Gasteiger partial charge in [0.2, 0.25) is 11.8 Å². The second-order valence-electron chi connectivity index (χ2n) is 8.33. The number of anilines is 1. The third-order valence-corrected chi connectivity index (χ3v) is 7.84. The summed E-state index contributed by atoms with van der Waals surface area (Å²) in [5.41, 5.74) is 0.801. The zero-order chi connectivity index (χ0) is 27.9. The highest BCUT2D eigenvalue weighted by Crippen LogP contribution is 2.27. The Labute approximate surface area is 227 Å². The van der Waals surface area contributed by atoms with Crippen molar-refractivity contribution in [3.05, 3.63) is 89.2 Å². The molecule has 0 fully saturated rings. The molecule has 0 aromatic heterocycles. The van der Waals surface area contributed by atoms with Gasteiger partial charge in [-0.15, -0.1) is 0 Å². The lowest BCUT2D eigenvalue weighted by molar-refractivity contribution is -0.139. The second kappa shape index (κ2) is 12.7. The lowest BCUT2D eigenvalue weighted by Crippen LogP contribution is -2.50. The maximum atomic E-state index is 13.7. The average Bonchev–Trinajstić information content (AvgIpc) is 2.91. The minimum absolute atomic E-state index is 0.0359. The van der Waals surface area contributed by atoms with Crippen molar-refractivity contribution in [1.82, 2.24) is 10.2 Å². The van der Waals surface area contributed by atoms with Gasteiger partial charge in [0.25, 0.3) is 10.0 Å². The molecule has 0 spiro atoms. The van der Waals surface area contributed by atoms with Crippen LogP contribution < -0.4 is 14.4 Å². The molecule has 3 aromatic carbocycles. The number of rotatable bonds is 11. The number of carbonyl (C=O) groups is 2. The Kier molecular flexibility index (Phi) is 9.71. The normalized spacial score (nSPS) is 11.9. The molecule has 0 heterocycles. The molecule has 1 atom stereocenters. The zero-order valence-electron chi connectivity index (χ0n) is 21.2. The minimum atomic E-state index is -4.22. The number of sulfonamides is 1. The van der Waals surface area contributed by atoms with E-state index in [1.807, 2.05) is 6.92 Å². The van der Waals surface area contributed by atoms with Gasteiger partial charge >= 0.3 is 0 Å². The lowest BCUT2D eigenvalue weighted by Gasteiger charge is -2.31. The van der Waals surface area contributed by atoms with Gasteiger partial charge in [-0.2, -0.15) is 0 Å². The molecule has 0 aliphatic heterocycles. The average molecular weight is 562 g/mol. The molecule has 8 nitrogen and oxygen atoms in total. The summed E-state index contributed by atoms with van der Waals surface area (Å²) in [7, 11) is -2.78. The monoisotopic (exact) mass is 561 g/mol. The lowest BCUT2D eigenvalue weighted by atomic mass is 10.1. The van der Waals surface area contributed by atoms with Crippen molar-refractivity contribution >= 4 is 39.1 Å². The molecule has 3 aromatic rings. The van der Waals surface area contributed by atoms with Crippen molar-refractivity contribution in [3.63, 3.8) is 0 Å². The molecule has 3 rings (SSSR count). The van der Waals surface area contributed by atoms with E-state index >= 15 is 0 Å². The summed E-state index contributed by atoms with van der Waals surface area (Å²) in [4.78, 5) is 27.4. The van der Waals surface area contributed by atoms with E-state index in [9.17, 15) is 22.4 Å². The van der Waals surface area contributed by atoms with Crippen LogP contribution in [0.1, 0.15) is 19.4 Å². The number of likely N-dealkylation sites (N-methyl/N-ethyl adjacent to an activating group) is 1. The Balaban J connectivity index is 2.02. The SMILES string of the molecule is CCOc1ccc(N(CC(=O)N(Cc2ccc(F)cc2)C(C)C(=O)NC)S(=O)(=O)c2ccc(Cl)cc2)cc1. The Hall–Kier alpha value is -3.63. The van der Waals surface area contributed by atoms with E-state index in [2.05, 4.69) is 5.32 Å². The summed E-state index contributed by atoms with van der Waals surface area (Å²) >= 11 is 5.95. The molecule has 2 amide bonds. The van der Waals surface area contributed by atoms with E-state index in [1.165, 1.54) is 79.5 Å². The fourth-order valence-electron chi connectivity index (χ4n) is 3.72. The minimum Gasteiger partial charge on any atom is -0.494 e. The fourth-order valence-corrected chi connectivity index (χ4v) is 5.26. The van der Waals surface area contributed by atoms with Gasteiger partial charge in [-0.05, 0) is 80.1 Å². The topological polar surface area (TPSA) is 96.0 Å². The number of carbonyl (C=O) groups excluding carboxylic acids is 2. The largest absolute Gasteiger partial charge is 0.494 e. The summed E-state index contributed by atoms with van der Waals surface area (Å²) in [6, 6.07) is 16.5. The van der Waals surface area contributed by atoms with E-state index < -0.39 is 40.2 Å². The van der Waals surface area contributed by atoms with Crippen LogP contribution in [0.5, 0.6) is 5.75 Å². The van der Waals surface area contributed by atoms with Crippen molar-refractivity contribution in [1.29, 1.82) is 0 Å². The van der Waals surface area contributed by atoms with E-state index in [0.717, 1.165) is 4.31 Å². The van der Waals surface area contributed by atoms with Crippen molar-refractivity contribution < 1.29 is 27.1 Å². The van der Waals surface area contributed by atoms with Gasteiger partial charge in [0.05, 0.1) is 17.2 Å². The third kappa shape index (κ3) is 7.02. The van der Waals surface area contributed by atoms with Crippen LogP contribution in [0.15, 0.2) is 77.7 Å². The van der Waals surface area contributed by atoms with Crippen molar-refractivity contribution in [3.8, 4) is 5.75 Å². The fraction of sp³-hybridized carbons (Fsp3) is 0.259. The summed E-state index contributed by atoms with van der Waals surface area (Å²) in [6.07, 6.45) is 0. The van der Waals surface area contributed by atoms with Gasteiger partial charge in [-0.1, -0.05) is 23.7 Å².